The fourth-order valence-corrected chi connectivity index (χ4v) is 2.22. The van der Waals surface area contributed by atoms with Crippen molar-refractivity contribution in [1.29, 1.82) is 0 Å². The Morgan fingerprint density at radius 1 is 1.29 bits per heavy atom. The molecule has 4 nitrogen and oxygen atoms in total. The van der Waals surface area contributed by atoms with Crippen molar-refractivity contribution in [2.75, 3.05) is 11.4 Å². The van der Waals surface area contributed by atoms with Gasteiger partial charge in [0, 0.05) is 31.3 Å². The van der Waals surface area contributed by atoms with Gasteiger partial charge in [0.1, 0.15) is 0 Å². The van der Waals surface area contributed by atoms with Gasteiger partial charge in [-0.3, -0.25) is 9.59 Å². The van der Waals surface area contributed by atoms with Crippen molar-refractivity contribution in [3.8, 4) is 0 Å². The molecule has 1 aliphatic heterocycles. The Hall–Kier alpha value is -2.36. The van der Waals surface area contributed by atoms with Crippen LogP contribution in [0.2, 0.25) is 0 Å². The summed E-state index contributed by atoms with van der Waals surface area (Å²) in [4.78, 5) is 25.0. The van der Waals surface area contributed by atoms with Crippen LogP contribution in [0.25, 0.3) is 0 Å². The van der Waals surface area contributed by atoms with Crippen LogP contribution in [0.5, 0.6) is 0 Å². The maximum atomic E-state index is 11.7. The van der Waals surface area contributed by atoms with Crippen LogP contribution in [0.15, 0.2) is 48.6 Å². The highest BCUT2D eigenvalue weighted by Gasteiger charge is 2.21. The number of anilines is 1. The summed E-state index contributed by atoms with van der Waals surface area (Å²) in [5, 5.41) is 2.82. The van der Waals surface area contributed by atoms with Crippen LogP contribution < -0.4 is 10.2 Å². The van der Waals surface area contributed by atoms with Gasteiger partial charge >= 0.3 is 0 Å². The molecule has 0 unspecified atom stereocenters. The Morgan fingerprint density at radius 2 is 2.05 bits per heavy atom. The summed E-state index contributed by atoms with van der Waals surface area (Å²) >= 11 is 0. The molecule has 0 saturated carbocycles. The predicted molar refractivity (Wildman–Crippen MR) is 83.8 cm³/mol. The molecule has 0 spiro atoms. The van der Waals surface area contributed by atoms with Crippen LogP contribution in [-0.2, 0) is 16.1 Å². The van der Waals surface area contributed by atoms with Crippen LogP contribution in [0.1, 0.15) is 25.3 Å². The van der Waals surface area contributed by atoms with Gasteiger partial charge in [-0.15, -0.1) is 0 Å². The number of carbonyl (C=O) groups excluding carboxylic acids is 2. The van der Waals surface area contributed by atoms with E-state index in [4.69, 9.17) is 0 Å². The van der Waals surface area contributed by atoms with Crippen LogP contribution in [0.4, 0.5) is 5.69 Å². The smallest absolute Gasteiger partial charge is 0.244 e. The van der Waals surface area contributed by atoms with Gasteiger partial charge in [0.2, 0.25) is 11.8 Å². The summed E-state index contributed by atoms with van der Waals surface area (Å²) in [6, 6.07) is 7.74. The predicted octanol–water partition coefficient (Wildman–Crippen LogP) is 2.56. The Morgan fingerprint density at radius 3 is 2.67 bits per heavy atom. The summed E-state index contributed by atoms with van der Waals surface area (Å²) in [5.41, 5.74) is 1.94. The molecular formula is C17H20N2O2. The van der Waals surface area contributed by atoms with Crippen LogP contribution in [0.3, 0.4) is 0 Å². The highest BCUT2D eigenvalue weighted by molar-refractivity contribution is 5.95. The average molecular weight is 284 g/mol. The van der Waals surface area contributed by atoms with Gasteiger partial charge in [-0.25, -0.2) is 0 Å². The van der Waals surface area contributed by atoms with Gasteiger partial charge in [0.25, 0.3) is 0 Å². The first-order valence-electron chi connectivity index (χ1n) is 7.17. The number of hydrogen-bond donors (Lipinski definition) is 1. The van der Waals surface area contributed by atoms with Crippen LogP contribution in [0, 0.1) is 0 Å². The van der Waals surface area contributed by atoms with E-state index in [-0.39, 0.29) is 11.8 Å². The lowest BCUT2D eigenvalue weighted by molar-refractivity contribution is -0.117. The fourth-order valence-electron chi connectivity index (χ4n) is 2.22. The Bertz CT molecular complexity index is 559. The van der Waals surface area contributed by atoms with Gasteiger partial charge < -0.3 is 10.2 Å². The monoisotopic (exact) mass is 284 g/mol. The molecule has 1 aromatic rings. The lowest BCUT2D eigenvalue weighted by atomic mass is 10.2. The molecule has 0 aliphatic carbocycles. The van der Waals surface area contributed by atoms with Gasteiger partial charge in [0.15, 0.2) is 0 Å². The molecule has 2 amide bonds. The van der Waals surface area contributed by atoms with Gasteiger partial charge in [-0.05, 0) is 31.0 Å². The zero-order valence-corrected chi connectivity index (χ0v) is 12.2. The molecule has 0 radical (unpaired) electrons. The van der Waals surface area contributed by atoms with Gasteiger partial charge in [0.05, 0.1) is 0 Å². The summed E-state index contributed by atoms with van der Waals surface area (Å²) in [5.74, 6) is 0.0667. The zero-order chi connectivity index (χ0) is 15.1. The molecule has 1 aromatic carbocycles. The number of benzene rings is 1. The molecule has 1 N–H and O–H groups in total. The minimum Gasteiger partial charge on any atom is -0.348 e. The minimum absolute atomic E-state index is 0.119. The third-order valence-corrected chi connectivity index (χ3v) is 3.34. The molecule has 2 rings (SSSR count). The molecule has 0 bridgehead atoms. The van der Waals surface area contributed by atoms with Crippen molar-refractivity contribution in [3.05, 3.63) is 54.1 Å². The third kappa shape index (κ3) is 4.31. The number of nitrogens with zero attached hydrogens (tertiary/aromatic N) is 1. The molecule has 0 aromatic heterocycles. The second-order valence-corrected chi connectivity index (χ2v) is 4.92. The second-order valence-electron chi connectivity index (χ2n) is 4.92. The van der Waals surface area contributed by atoms with Crippen molar-refractivity contribution >= 4 is 17.5 Å². The van der Waals surface area contributed by atoms with Gasteiger partial charge in [-0.1, -0.05) is 30.4 Å². The van der Waals surface area contributed by atoms with Crippen molar-refractivity contribution in [2.24, 2.45) is 0 Å². The highest BCUT2D eigenvalue weighted by Crippen LogP contribution is 2.21. The van der Waals surface area contributed by atoms with E-state index in [2.05, 4.69) is 5.32 Å². The number of allylic oxidation sites excluding steroid dienone is 3. The molecule has 110 valence electrons. The summed E-state index contributed by atoms with van der Waals surface area (Å²) in [6.07, 6.45) is 8.43. The molecule has 4 heteroatoms. The standard InChI is InChI=1S/C17H20N2O2/c1-2-3-4-6-16(20)18-13-14-8-10-15(11-9-14)19-12-5-7-17(19)21/h2-4,6,8-11H,5,7,12-13H2,1H3,(H,18,20)/b3-2+,6-4+. The quantitative estimate of drug-likeness (QED) is 0.667. The molecule has 0 atom stereocenters. The first-order chi connectivity index (χ1) is 10.2. The molecule has 1 fully saturated rings. The molecule has 1 saturated heterocycles. The van der Waals surface area contributed by atoms with E-state index < -0.39 is 0 Å². The third-order valence-electron chi connectivity index (χ3n) is 3.34. The van der Waals surface area contributed by atoms with E-state index in [1.54, 1.807) is 12.2 Å². The number of amides is 2. The van der Waals surface area contributed by atoms with Crippen molar-refractivity contribution in [3.63, 3.8) is 0 Å². The van der Waals surface area contributed by atoms with E-state index in [9.17, 15) is 9.59 Å². The lowest BCUT2D eigenvalue weighted by Crippen LogP contribution is -2.23. The molecule has 21 heavy (non-hydrogen) atoms. The topological polar surface area (TPSA) is 49.4 Å². The van der Waals surface area contributed by atoms with Crippen molar-refractivity contribution in [1.82, 2.24) is 5.32 Å². The average Bonchev–Trinajstić information content (AvgIpc) is 2.92. The van der Waals surface area contributed by atoms with E-state index in [1.165, 1.54) is 6.08 Å². The SMILES string of the molecule is C/C=C/C=C/C(=O)NCc1ccc(N2CCCC2=O)cc1. The normalized spacial score (nSPS) is 15.3. The molecule has 1 heterocycles. The van der Waals surface area contributed by atoms with Crippen molar-refractivity contribution in [2.45, 2.75) is 26.3 Å². The van der Waals surface area contributed by atoms with Crippen LogP contribution >= 0.6 is 0 Å². The lowest BCUT2D eigenvalue weighted by Gasteiger charge is -2.15. The highest BCUT2D eigenvalue weighted by atomic mass is 16.2. The van der Waals surface area contributed by atoms with E-state index in [0.29, 0.717) is 13.0 Å². The number of hydrogen-bond acceptors (Lipinski definition) is 2. The largest absolute Gasteiger partial charge is 0.348 e. The minimum atomic E-state index is -0.119. The maximum absolute atomic E-state index is 11.7. The summed E-state index contributed by atoms with van der Waals surface area (Å²) < 4.78 is 0. The second kappa shape index (κ2) is 7.43. The van der Waals surface area contributed by atoms with Crippen LogP contribution in [-0.4, -0.2) is 18.4 Å². The Labute approximate surface area is 125 Å². The molecule has 1 aliphatic rings. The fraction of sp³-hybridized carbons (Fsp3) is 0.294. The first-order valence-corrected chi connectivity index (χ1v) is 7.17. The first kappa shape index (κ1) is 15.0. The number of carbonyl (C=O) groups is 2. The van der Waals surface area contributed by atoms with Gasteiger partial charge in [-0.2, -0.15) is 0 Å². The molecular weight excluding hydrogens is 264 g/mol. The Kier molecular flexibility index (Phi) is 5.32. The van der Waals surface area contributed by atoms with E-state index in [1.807, 2.05) is 42.2 Å². The Balaban J connectivity index is 1.88. The zero-order valence-electron chi connectivity index (χ0n) is 12.2. The maximum Gasteiger partial charge on any atom is 0.244 e. The number of nitrogens with one attached hydrogen (secondary N) is 1. The summed E-state index contributed by atoms with van der Waals surface area (Å²) in [7, 11) is 0. The number of rotatable bonds is 5. The van der Waals surface area contributed by atoms with E-state index >= 15 is 0 Å². The van der Waals surface area contributed by atoms with E-state index in [0.717, 1.165) is 24.2 Å². The summed E-state index contributed by atoms with van der Waals surface area (Å²) in [6.45, 7) is 3.17. The van der Waals surface area contributed by atoms with Crippen molar-refractivity contribution < 1.29 is 9.59 Å².